The summed E-state index contributed by atoms with van der Waals surface area (Å²) in [6.45, 7) is 0.838. The van der Waals surface area contributed by atoms with Crippen LogP contribution in [0.2, 0.25) is 0 Å². The Bertz CT molecular complexity index is 389. The summed E-state index contributed by atoms with van der Waals surface area (Å²) in [6, 6.07) is 5.49. The Kier molecular flexibility index (Phi) is 3.96. The minimum absolute atomic E-state index is 0.0296. The van der Waals surface area contributed by atoms with Gasteiger partial charge in [-0.25, -0.2) is 0 Å². The Morgan fingerprint density at radius 3 is 2.44 bits per heavy atom. The number of likely N-dealkylation sites (N-methyl/N-ethyl adjacent to an activating group) is 1. The van der Waals surface area contributed by atoms with E-state index in [1.807, 2.05) is 0 Å². The number of benzene rings is 1. The molecule has 6 nitrogen and oxygen atoms in total. The zero-order valence-electron chi connectivity index (χ0n) is 8.92. The van der Waals surface area contributed by atoms with Crippen LogP contribution in [0.15, 0.2) is 24.3 Å². The lowest BCUT2D eigenvalue weighted by Gasteiger charge is -2.15. The molecular weight excluding hydrogens is 210 g/mol. The van der Waals surface area contributed by atoms with E-state index in [0.29, 0.717) is 18.7 Å². The summed E-state index contributed by atoms with van der Waals surface area (Å²) in [5, 5.41) is 10.4. The Labute approximate surface area is 92.8 Å². The van der Waals surface area contributed by atoms with Crippen LogP contribution in [0.1, 0.15) is 10.4 Å². The highest BCUT2D eigenvalue weighted by Crippen LogP contribution is 2.12. The van der Waals surface area contributed by atoms with Gasteiger partial charge in [0, 0.05) is 37.8 Å². The third kappa shape index (κ3) is 2.77. The van der Waals surface area contributed by atoms with Crippen molar-refractivity contribution in [1.82, 2.24) is 4.90 Å². The molecule has 86 valence electrons. The average Bonchev–Trinajstić information content (AvgIpc) is 2.28. The summed E-state index contributed by atoms with van der Waals surface area (Å²) >= 11 is 0. The Morgan fingerprint density at radius 2 is 2.00 bits per heavy atom. The van der Waals surface area contributed by atoms with E-state index in [2.05, 4.69) is 0 Å². The second-order valence-electron chi connectivity index (χ2n) is 3.32. The average molecular weight is 223 g/mol. The lowest BCUT2D eigenvalue weighted by Crippen LogP contribution is -2.31. The van der Waals surface area contributed by atoms with Crippen LogP contribution >= 0.6 is 0 Å². The predicted molar refractivity (Wildman–Crippen MR) is 59.1 cm³/mol. The van der Waals surface area contributed by atoms with Crippen molar-refractivity contribution >= 4 is 11.6 Å². The van der Waals surface area contributed by atoms with Gasteiger partial charge in [-0.05, 0) is 12.1 Å². The fourth-order valence-corrected chi connectivity index (χ4v) is 1.24. The molecular formula is C10H13N3O3. The maximum absolute atomic E-state index is 11.7. The molecule has 1 amide bonds. The van der Waals surface area contributed by atoms with Gasteiger partial charge in [0.1, 0.15) is 0 Å². The van der Waals surface area contributed by atoms with Crippen molar-refractivity contribution in [3.63, 3.8) is 0 Å². The number of nitrogens with zero attached hydrogens (tertiary/aromatic N) is 2. The molecule has 0 saturated carbocycles. The van der Waals surface area contributed by atoms with Crippen LogP contribution in [0, 0.1) is 10.1 Å². The Morgan fingerprint density at radius 1 is 1.44 bits per heavy atom. The van der Waals surface area contributed by atoms with Gasteiger partial charge in [-0.15, -0.1) is 0 Å². The summed E-state index contributed by atoms with van der Waals surface area (Å²) in [5.41, 5.74) is 5.71. The normalized spacial score (nSPS) is 9.88. The number of rotatable bonds is 4. The van der Waals surface area contributed by atoms with Crippen LogP contribution in [-0.2, 0) is 0 Å². The number of hydrogen-bond acceptors (Lipinski definition) is 4. The van der Waals surface area contributed by atoms with Crippen LogP contribution in [-0.4, -0.2) is 35.9 Å². The smallest absolute Gasteiger partial charge is 0.269 e. The van der Waals surface area contributed by atoms with E-state index >= 15 is 0 Å². The number of carbonyl (C=O) groups excluding carboxylic acids is 1. The topological polar surface area (TPSA) is 89.5 Å². The molecule has 0 fully saturated rings. The summed E-state index contributed by atoms with van der Waals surface area (Å²) in [5.74, 6) is -0.194. The van der Waals surface area contributed by atoms with Gasteiger partial charge in [0.25, 0.3) is 11.6 Å². The molecule has 16 heavy (non-hydrogen) atoms. The van der Waals surface area contributed by atoms with E-state index in [1.54, 1.807) is 7.05 Å². The molecule has 1 aromatic rings. The molecule has 0 saturated heterocycles. The molecule has 1 aromatic carbocycles. The number of nitrogens with two attached hydrogens (primary N) is 1. The number of nitro groups is 1. The first kappa shape index (κ1) is 12.1. The van der Waals surface area contributed by atoms with Gasteiger partial charge in [-0.2, -0.15) is 0 Å². The van der Waals surface area contributed by atoms with E-state index in [-0.39, 0.29) is 11.6 Å². The molecule has 6 heteroatoms. The number of amides is 1. The highest BCUT2D eigenvalue weighted by atomic mass is 16.6. The molecule has 0 aliphatic heterocycles. The second kappa shape index (κ2) is 5.22. The number of nitro benzene ring substituents is 1. The largest absolute Gasteiger partial charge is 0.340 e. The standard InChI is InChI=1S/C10H13N3O3/c1-12(7-6-11)10(14)8-2-4-9(5-3-8)13(15)16/h2-5H,6-7,11H2,1H3. The van der Waals surface area contributed by atoms with Gasteiger partial charge in [0.05, 0.1) is 4.92 Å². The molecule has 0 bridgehead atoms. The quantitative estimate of drug-likeness (QED) is 0.598. The van der Waals surface area contributed by atoms with Crippen LogP contribution < -0.4 is 5.73 Å². The molecule has 2 N–H and O–H groups in total. The molecule has 0 aromatic heterocycles. The first-order chi connectivity index (χ1) is 7.56. The van der Waals surface area contributed by atoms with Crippen molar-refractivity contribution in [3.8, 4) is 0 Å². The van der Waals surface area contributed by atoms with E-state index < -0.39 is 4.92 Å². The molecule has 0 spiro atoms. The Hall–Kier alpha value is -1.95. The second-order valence-corrected chi connectivity index (χ2v) is 3.32. The first-order valence-corrected chi connectivity index (χ1v) is 4.76. The highest BCUT2D eigenvalue weighted by Gasteiger charge is 2.12. The number of non-ortho nitro benzene ring substituents is 1. The highest BCUT2D eigenvalue weighted by molar-refractivity contribution is 5.94. The summed E-state index contributed by atoms with van der Waals surface area (Å²) in [4.78, 5) is 23.1. The van der Waals surface area contributed by atoms with Crippen LogP contribution in [0.4, 0.5) is 5.69 Å². The third-order valence-electron chi connectivity index (χ3n) is 2.14. The van der Waals surface area contributed by atoms with Crippen molar-refractivity contribution < 1.29 is 9.72 Å². The first-order valence-electron chi connectivity index (χ1n) is 4.76. The minimum Gasteiger partial charge on any atom is -0.340 e. The summed E-state index contributed by atoms with van der Waals surface area (Å²) in [7, 11) is 1.64. The Balaban J connectivity index is 2.81. The van der Waals surface area contributed by atoms with Crippen molar-refractivity contribution in [2.24, 2.45) is 5.73 Å². The van der Waals surface area contributed by atoms with E-state index in [9.17, 15) is 14.9 Å². The molecule has 1 rings (SSSR count). The summed E-state index contributed by atoms with van der Waals surface area (Å²) in [6.07, 6.45) is 0. The zero-order chi connectivity index (χ0) is 12.1. The van der Waals surface area contributed by atoms with Gasteiger partial charge < -0.3 is 10.6 Å². The fraction of sp³-hybridized carbons (Fsp3) is 0.300. The van der Waals surface area contributed by atoms with Crippen molar-refractivity contribution in [2.45, 2.75) is 0 Å². The molecule has 0 unspecified atom stereocenters. The zero-order valence-corrected chi connectivity index (χ0v) is 8.92. The van der Waals surface area contributed by atoms with Crippen molar-refractivity contribution in [3.05, 3.63) is 39.9 Å². The third-order valence-corrected chi connectivity index (χ3v) is 2.14. The monoisotopic (exact) mass is 223 g/mol. The maximum Gasteiger partial charge on any atom is 0.269 e. The van der Waals surface area contributed by atoms with Crippen LogP contribution in [0.5, 0.6) is 0 Å². The molecule has 0 aliphatic carbocycles. The van der Waals surface area contributed by atoms with Gasteiger partial charge in [-0.3, -0.25) is 14.9 Å². The van der Waals surface area contributed by atoms with Crippen LogP contribution in [0.25, 0.3) is 0 Å². The lowest BCUT2D eigenvalue weighted by atomic mass is 10.2. The molecule has 0 heterocycles. The van der Waals surface area contributed by atoms with Crippen LogP contribution in [0.3, 0.4) is 0 Å². The SMILES string of the molecule is CN(CCN)C(=O)c1ccc([N+](=O)[O-])cc1. The van der Waals surface area contributed by atoms with Crippen molar-refractivity contribution in [1.29, 1.82) is 0 Å². The summed E-state index contributed by atoms with van der Waals surface area (Å²) < 4.78 is 0. The minimum atomic E-state index is -0.502. The van der Waals surface area contributed by atoms with E-state index in [1.165, 1.54) is 29.2 Å². The number of hydrogen-bond donors (Lipinski definition) is 1. The van der Waals surface area contributed by atoms with Gasteiger partial charge in [0.2, 0.25) is 0 Å². The predicted octanol–water partition coefficient (Wildman–Crippen LogP) is 0.626. The molecule has 0 radical (unpaired) electrons. The van der Waals surface area contributed by atoms with E-state index in [4.69, 9.17) is 5.73 Å². The number of carbonyl (C=O) groups is 1. The van der Waals surface area contributed by atoms with E-state index in [0.717, 1.165) is 0 Å². The van der Waals surface area contributed by atoms with Gasteiger partial charge in [-0.1, -0.05) is 0 Å². The molecule has 0 atom stereocenters. The molecule has 0 aliphatic rings. The van der Waals surface area contributed by atoms with Gasteiger partial charge in [0.15, 0.2) is 0 Å². The van der Waals surface area contributed by atoms with Crippen molar-refractivity contribution in [2.75, 3.05) is 20.1 Å². The lowest BCUT2D eigenvalue weighted by molar-refractivity contribution is -0.384. The fourth-order valence-electron chi connectivity index (χ4n) is 1.24. The van der Waals surface area contributed by atoms with Gasteiger partial charge >= 0.3 is 0 Å². The maximum atomic E-state index is 11.7.